The molecule has 4 nitrogen and oxygen atoms in total. The summed E-state index contributed by atoms with van der Waals surface area (Å²) in [5, 5.41) is 8.63. The molecule has 1 aromatic carbocycles. The molecule has 0 spiro atoms. The maximum absolute atomic E-state index is 12.4. The van der Waals surface area contributed by atoms with Crippen molar-refractivity contribution in [1.82, 2.24) is 0 Å². The number of benzene rings is 1. The van der Waals surface area contributed by atoms with Crippen LogP contribution in [0.2, 0.25) is 0 Å². The smallest absolute Gasteiger partial charge is 0.328 e. The van der Waals surface area contributed by atoms with E-state index in [4.69, 9.17) is 9.84 Å². The number of unbranched alkanes of at least 4 members (excludes halogenated alkanes) is 3. The first-order valence-corrected chi connectivity index (χ1v) is 9.81. The lowest BCUT2D eigenvalue weighted by Gasteiger charge is -2.27. The second-order valence-electron chi connectivity index (χ2n) is 7.23. The Labute approximate surface area is 156 Å². The van der Waals surface area contributed by atoms with E-state index in [1.807, 2.05) is 0 Å². The summed E-state index contributed by atoms with van der Waals surface area (Å²) in [6, 6.07) is 6.90. The van der Waals surface area contributed by atoms with Crippen LogP contribution in [-0.4, -0.2) is 17.0 Å². The third kappa shape index (κ3) is 7.03. The van der Waals surface area contributed by atoms with Gasteiger partial charge in [-0.1, -0.05) is 51.2 Å². The van der Waals surface area contributed by atoms with Gasteiger partial charge in [-0.05, 0) is 55.4 Å². The second kappa shape index (κ2) is 10.8. The molecule has 26 heavy (non-hydrogen) atoms. The van der Waals surface area contributed by atoms with E-state index >= 15 is 0 Å². The van der Waals surface area contributed by atoms with Gasteiger partial charge in [0, 0.05) is 6.08 Å². The Balaban J connectivity index is 1.74. The molecule has 1 aliphatic rings. The largest absolute Gasteiger partial charge is 0.478 e. The molecule has 0 amide bonds. The van der Waals surface area contributed by atoms with Crippen molar-refractivity contribution in [3.05, 3.63) is 35.9 Å². The number of carbonyl (C=O) groups excluding carboxylic acids is 1. The third-order valence-electron chi connectivity index (χ3n) is 5.16. The van der Waals surface area contributed by atoms with Crippen LogP contribution in [-0.2, 0) is 9.59 Å². The van der Waals surface area contributed by atoms with Crippen LogP contribution in [0.1, 0.15) is 70.3 Å². The summed E-state index contributed by atoms with van der Waals surface area (Å²) in [6.07, 6.45) is 13.3. The van der Waals surface area contributed by atoms with Gasteiger partial charge in [0.1, 0.15) is 5.75 Å². The predicted octanol–water partition coefficient (Wildman–Crippen LogP) is 5.47. The van der Waals surface area contributed by atoms with E-state index in [9.17, 15) is 9.59 Å². The molecule has 4 heteroatoms. The Kier molecular flexibility index (Phi) is 8.39. The number of hydrogen-bond acceptors (Lipinski definition) is 3. The van der Waals surface area contributed by atoms with Crippen LogP contribution in [0.25, 0.3) is 6.08 Å². The highest BCUT2D eigenvalue weighted by molar-refractivity contribution is 5.85. The van der Waals surface area contributed by atoms with Gasteiger partial charge >= 0.3 is 11.9 Å². The zero-order valence-electron chi connectivity index (χ0n) is 15.7. The summed E-state index contributed by atoms with van der Waals surface area (Å²) < 4.78 is 5.50. The number of rotatable bonds is 9. The van der Waals surface area contributed by atoms with Crippen LogP contribution in [0.5, 0.6) is 5.75 Å². The fourth-order valence-corrected chi connectivity index (χ4v) is 3.56. The molecule has 0 saturated heterocycles. The number of ether oxygens (including phenoxy) is 1. The molecule has 0 atom stereocenters. The standard InChI is InChI=1S/C22H30O4/c1-2-3-4-5-6-17-7-12-19(13-8-17)22(25)26-20-14-9-18(10-15-20)11-16-21(23)24/h9-11,14-17,19H,2-8,12-13H2,1H3,(H,23,24). The first-order chi connectivity index (χ1) is 12.6. The molecule has 0 bridgehead atoms. The first-order valence-electron chi connectivity index (χ1n) is 9.81. The third-order valence-corrected chi connectivity index (χ3v) is 5.16. The Hall–Kier alpha value is -2.10. The molecule has 0 aliphatic heterocycles. The molecule has 0 unspecified atom stereocenters. The number of hydrogen-bond donors (Lipinski definition) is 1. The lowest BCUT2D eigenvalue weighted by molar-refractivity contribution is -0.140. The molecular weight excluding hydrogens is 328 g/mol. The Morgan fingerprint density at radius 3 is 2.38 bits per heavy atom. The molecule has 1 aliphatic carbocycles. The van der Waals surface area contributed by atoms with Crippen molar-refractivity contribution in [2.75, 3.05) is 0 Å². The van der Waals surface area contributed by atoms with Crippen LogP contribution in [0.4, 0.5) is 0 Å². The van der Waals surface area contributed by atoms with Crippen molar-refractivity contribution in [2.45, 2.75) is 64.7 Å². The van der Waals surface area contributed by atoms with Gasteiger partial charge in [0.15, 0.2) is 0 Å². The van der Waals surface area contributed by atoms with Gasteiger partial charge in [-0.3, -0.25) is 4.79 Å². The minimum Gasteiger partial charge on any atom is -0.478 e. The molecule has 1 aromatic rings. The summed E-state index contributed by atoms with van der Waals surface area (Å²) in [4.78, 5) is 22.9. The quantitative estimate of drug-likeness (QED) is 0.275. The van der Waals surface area contributed by atoms with E-state index in [1.165, 1.54) is 38.2 Å². The second-order valence-corrected chi connectivity index (χ2v) is 7.23. The molecule has 1 N–H and O–H groups in total. The zero-order valence-corrected chi connectivity index (χ0v) is 15.7. The number of aliphatic carboxylic acids is 1. The highest BCUT2D eigenvalue weighted by Crippen LogP contribution is 2.33. The molecule has 1 fully saturated rings. The minimum absolute atomic E-state index is 0.00785. The van der Waals surface area contributed by atoms with Crippen LogP contribution in [0.3, 0.4) is 0 Å². The average Bonchev–Trinajstić information content (AvgIpc) is 2.65. The Morgan fingerprint density at radius 1 is 1.08 bits per heavy atom. The number of carbonyl (C=O) groups is 2. The SMILES string of the molecule is CCCCCCC1CCC(C(=O)Oc2ccc(C=CC(=O)O)cc2)CC1. The highest BCUT2D eigenvalue weighted by atomic mass is 16.5. The molecule has 1 saturated carbocycles. The van der Waals surface area contributed by atoms with Gasteiger partial charge < -0.3 is 9.84 Å². The van der Waals surface area contributed by atoms with Gasteiger partial charge in [0.05, 0.1) is 5.92 Å². The van der Waals surface area contributed by atoms with E-state index in [0.717, 1.165) is 43.2 Å². The van der Waals surface area contributed by atoms with Crippen LogP contribution in [0, 0.1) is 11.8 Å². The minimum atomic E-state index is -0.985. The lowest BCUT2D eigenvalue weighted by Crippen LogP contribution is -2.25. The zero-order chi connectivity index (χ0) is 18.8. The maximum atomic E-state index is 12.4. The van der Waals surface area contributed by atoms with Gasteiger partial charge in [-0.25, -0.2) is 4.79 Å². The van der Waals surface area contributed by atoms with Gasteiger partial charge in [-0.2, -0.15) is 0 Å². The summed E-state index contributed by atoms with van der Waals surface area (Å²) in [7, 11) is 0. The van der Waals surface area contributed by atoms with E-state index < -0.39 is 5.97 Å². The monoisotopic (exact) mass is 358 g/mol. The summed E-state index contributed by atoms with van der Waals surface area (Å²) in [5.41, 5.74) is 0.760. The molecule has 0 aromatic heterocycles. The fourth-order valence-electron chi connectivity index (χ4n) is 3.56. The van der Waals surface area contributed by atoms with Crippen molar-refractivity contribution in [3.63, 3.8) is 0 Å². The molecular formula is C22H30O4. The molecule has 142 valence electrons. The highest BCUT2D eigenvalue weighted by Gasteiger charge is 2.27. The first kappa shape index (κ1) is 20.2. The summed E-state index contributed by atoms with van der Waals surface area (Å²) in [6.45, 7) is 2.23. The normalized spacial score (nSPS) is 20.2. The van der Waals surface area contributed by atoms with Crippen LogP contribution in [0.15, 0.2) is 30.3 Å². The summed E-state index contributed by atoms with van der Waals surface area (Å²) >= 11 is 0. The van der Waals surface area contributed by atoms with Crippen molar-refractivity contribution in [2.24, 2.45) is 11.8 Å². The van der Waals surface area contributed by atoms with Gasteiger partial charge in [-0.15, -0.1) is 0 Å². The lowest BCUT2D eigenvalue weighted by atomic mass is 9.80. The number of carboxylic acids is 1. The van der Waals surface area contributed by atoms with Crippen molar-refractivity contribution >= 4 is 18.0 Å². The average molecular weight is 358 g/mol. The topological polar surface area (TPSA) is 63.6 Å². The fraction of sp³-hybridized carbons (Fsp3) is 0.545. The van der Waals surface area contributed by atoms with Crippen molar-refractivity contribution in [3.8, 4) is 5.75 Å². The van der Waals surface area contributed by atoms with E-state index in [0.29, 0.717) is 5.75 Å². The Morgan fingerprint density at radius 2 is 1.77 bits per heavy atom. The Bertz CT molecular complexity index is 595. The van der Waals surface area contributed by atoms with Gasteiger partial charge in [0.25, 0.3) is 0 Å². The molecule has 0 radical (unpaired) electrons. The van der Waals surface area contributed by atoms with Gasteiger partial charge in [0.2, 0.25) is 0 Å². The molecule has 2 rings (SSSR count). The predicted molar refractivity (Wildman–Crippen MR) is 103 cm³/mol. The maximum Gasteiger partial charge on any atom is 0.328 e. The molecule has 0 heterocycles. The van der Waals surface area contributed by atoms with Crippen LogP contribution >= 0.6 is 0 Å². The number of carboxylic acid groups (broad SMARTS) is 1. The van der Waals surface area contributed by atoms with E-state index in [-0.39, 0.29) is 11.9 Å². The van der Waals surface area contributed by atoms with E-state index in [1.54, 1.807) is 24.3 Å². The van der Waals surface area contributed by atoms with Crippen LogP contribution < -0.4 is 4.74 Å². The number of esters is 1. The van der Waals surface area contributed by atoms with E-state index in [2.05, 4.69) is 6.92 Å². The summed E-state index contributed by atoms with van der Waals surface area (Å²) in [5.74, 6) is 0.179. The van der Waals surface area contributed by atoms with Crippen molar-refractivity contribution < 1.29 is 19.4 Å². The van der Waals surface area contributed by atoms with Crippen molar-refractivity contribution in [1.29, 1.82) is 0 Å².